The van der Waals surface area contributed by atoms with E-state index in [-0.39, 0.29) is 10.4 Å². The Bertz CT molecular complexity index is 689. The van der Waals surface area contributed by atoms with Crippen molar-refractivity contribution < 1.29 is 13.2 Å². The van der Waals surface area contributed by atoms with Crippen molar-refractivity contribution in [2.24, 2.45) is 0 Å². The molecule has 2 aromatic rings. The predicted octanol–water partition coefficient (Wildman–Crippen LogP) is 1.71. The fraction of sp³-hybridized carbons (Fsp3) is 0.231. The molecular formula is C13H12F3N3O2. The summed E-state index contributed by atoms with van der Waals surface area (Å²) in [5.41, 5.74) is -1.21. The molecule has 1 aromatic carbocycles. The molecule has 0 spiro atoms. The van der Waals surface area contributed by atoms with Gasteiger partial charge in [0, 0.05) is 12.6 Å². The summed E-state index contributed by atoms with van der Waals surface area (Å²) >= 11 is 0. The van der Waals surface area contributed by atoms with Crippen molar-refractivity contribution in [3.63, 3.8) is 0 Å². The smallest absolute Gasteiger partial charge is 0.367 e. The average Bonchev–Trinajstić information content (AvgIpc) is 2.41. The molecule has 0 atom stereocenters. The van der Waals surface area contributed by atoms with E-state index in [0.717, 1.165) is 11.6 Å². The first kappa shape index (κ1) is 14.9. The van der Waals surface area contributed by atoms with Gasteiger partial charge in [-0.25, -0.2) is 4.79 Å². The topological polar surface area (TPSA) is 66.9 Å². The van der Waals surface area contributed by atoms with Crippen molar-refractivity contribution in [3.8, 4) is 0 Å². The zero-order valence-electron chi connectivity index (χ0n) is 10.8. The van der Waals surface area contributed by atoms with Gasteiger partial charge < -0.3 is 5.32 Å². The van der Waals surface area contributed by atoms with Crippen LogP contribution in [0.2, 0.25) is 0 Å². The molecule has 0 bridgehead atoms. The molecule has 0 aliphatic carbocycles. The second-order valence-electron chi connectivity index (χ2n) is 4.37. The van der Waals surface area contributed by atoms with Crippen LogP contribution in [0.4, 0.5) is 19.0 Å². The van der Waals surface area contributed by atoms with Crippen molar-refractivity contribution in [3.05, 3.63) is 62.8 Å². The minimum absolute atomic E-state index is 0.0762. The summed E-state index contributed by atoms with van der Waals surface area (Å²) in [6, 6.07) is 10.1. The Morgan fingerprint density at radius 2 is 1.81 bits per heavy atom. The summed E-state index contributed by atoms with van der Waals surface area (Å²) in [7, 11) is 0. The van der Waals surface area contributed by atoms with E-state index >= 15 is 0 Å². The Morgan fingerprint density at radius 1 is 1.14 bits per heavy atom. The third-order valence-electron chi connectivity index (χ3n) is 2.68. The van der Waals surface area contributed by atoms with Gasteiger partial charge in [-0.05, 0) is 5.56 Å². The maximum atomic E-state index is 12.2. The third-order valence-corrected chi connectivity index (χ3v) is 2.68. The lowest BCUT2D eigenvalue weighted by atomic mass is 10.2. The van der Waals surface area contributed by atoms with Crippen LogP contribution in [0.5, 0.6) is 0 Å². The maximum Gasteiger partial charge on any atom is 0.406 e. The molecular weight excluding hydrogens is 287 g/mol. The van der Waals surface area contributed by atoms with Crippen LogP contribution in [0.1, 0.15) is 5.56 Å². The summed E-state index contributed by atoms with van der Waals surface area (Å²) in [6.07, 6.45) is -4.63. The number of hydrogen-bond donors (Lipinski definition) is 2. The lowest BCUT2D eigenvalue weighted by Crippen LogP contribution is -2.39. The molecule has 0 radical (unpaired) electrons. The van der Waals surface area contributed by atoms with E-state index in [4.69, 9.17) is 0 Å². The summed E-state index contributed by atoms with van der Waals surface area (Å²) in [5, 5.41) is 2.78. The maximum absolute atomic E-state index is 12.2. The molecule has 0 amide bonds. The quantitative estimate of drug-likeness (QED) is 0.903. The van der Waals surface area contributed by atoms with Gasteiger partial charge in [-0.15, -0.1) is 0 Å². The number of H-pyrrole nitrogens is 1. The average molecular weight is 299 g/mol. The molecule has 1 heterocycles. The number of aromatic nitrogens is 2. The predicted molar refractivity (Wildman–Crippen MR) is 71.1 cm³/mol. The van der Waals surface area contributed by atoms with Gasteiger partial charge in [0.05, 0.1) is 0 Å². The van der Waals surface area contributed by atoms with Crippen LogP contribution < -0.4 is 16.6 Å². The van der Waals surface area contributed by atoms with Crippen molar-refractivity contribution in [2.75, 3.05) is 5.32 Å². The van der Waals surface area contributed by atoms with Gasteiger partial charge in [-0.1, -0.05) is 30.3 Å². The standard InChI is InChI=1S/C13H12F3N3O2/c14-13(15,16)8-19-11(20)6-10(18-12(19)21)17-7-9-4-2-1-3-5-9/h1-6,17H,7-8H2,(H,18,21). The fourth-order valence-corrected chi connectivity index (χ4v) is 1.74. The highest BCUT2D eigenvalue weighted by molar-refractivity contribution is 5.33. The molecule has 0 unspecified atom stereocenters. The molecule has 5 nitrogen and oxygen atoms in total. The van der Waals surface area contributed by atoms with E-state index in [1.807, 2.05) is 30.3 Å². The highest BCUT2D eigenvalue weighted by atomic mass is 19.4. The van der Waals surface area contributed by atoms with Gasteiger partial charge in [0.15, 0.2) is 0 Å². The number of hydrogen-bond acceptors (Lipinski definition) is 3. The van der Waals surface area contributed by atoms with Crippen LogP contribution >= 0.6 is 0 Å². The largest absolute Gasteiger partial charge is 0.406 e. The first-order valence-electron chi connectivity index (χ1n) is 6.04. The van der Waals surface area contributed by atoms with E-state index in [0.29, 0.717) is 6.54 Å². The van der Waals surface area contributed by atoms with Gasteiger partial charge in [0.25, 0.3) is 5.56 Å². The Kier molecular flexibility index (Phi) is 4.15. The highest BCUT2D eigenvalue weighted by Gasteiger charge is 2.29. The fourth-order valence-electron chi connectivity index (χ4n) is 1.74. The number of halogens is 3. The Labute approximate surface area is 117 Å². The highest BCUT2D eigenvalue weighted by Crippen LogP contribution is 2.15. The monoisotopic (exact) mass is 299 g/mol. The van der Waals surface area contributed by atoms with Crippen LogP contribution in [0.3, 0.4) is 0 Å². The van der Waals surface area contributed by atoms with Crippen LogP contribution in [0.25, 0.3) is 0 Å². The molecule has 0 fully saturated rings. The van der Waals surface area contributed by atoms with E-state index in [1.54, 1.807) is 0 Å². The second kappa shape index (κ2) is 5.86. The molecule has 112 valence electrons. The van der Waals surface area contributed by atoms with Crippen LogP contribution in [-0.4, -0.2) is 15.7 Å². The molecule has 21 heavy (non-hydrogen) atoms. The first-order chi connectivity index (χ1) is 9.85. The van der Waals surface area contributed by atoms with Crippen LogP contribution in [0.15, 0.2) is 46.0 Å². The minimum Gasteiger partial charge on any atom is -0.367 e. The van der Waals surface area contributed by atoms with Crippen molar-refractivity contribution in [1.29, 1.82) is 0 Å². The zero-order valence-corrected chi connectivity index (χ0v) is 10.8. The Hall–Kier alpha value is -2.51. The molecule has 0 aliphatic rings. The molecule has 2 N–H and O–H groups in total. The molecule has 1 aromatic heterocycles. The lowest BCUT2D eigenvalue weighted by Gasteiger charge is -2.10. The lowest BCUT2D eigenvalue weighted by molar-refractivity contribution is -0.141. The third kappa shape index (κ3) is 4.23. The van der Waals surface area contributed by atoms with Crippen molar-refractivity contribution in [2.45, 2.75) is 19.3 Å². The number of alkyl halides is 3. The number of rotatable bonds is 4. The molecule has 8 heteroatoms. The summed E-state index contributed by atoms with van der Waals surface area (Å²) in [5.74, 6) is 0.0762. The van der Waals surface area contributed by atoms with Crippen LogP contribution in [-0.2, 0) is 13.1 Å². The van der Waals surface area contributed by atoms with Gasteiger partial charge in [-0.2, -0.15) is 13.2 Å². The van der Waals surface area contributed by atoms with Gasteiger partial charge in [0.1, 0.15) is 12.4 Å². The molecule has 0 saturated carbocycles. The minimum atomic E-state index is -4.63. The summed E-state index contributed by atoms with van der Waals surface area (Å²) in [6.45, 7) is -1.28. The number of nitrogens with zero attached hydrogens (tertiary/aromatic N) is 1. The first-order valence-corrected chi connectivity index (χ1v) is 6.04. The van der Waals surface area contributed by atoms with Crippen LogP contribution in [0, 0.1) is 0 Å². The number of nitrogens with one attached hydrogen (secondary N) is 2. The Balaban J connectivity index is 2.17. The molecule has 2 rings (SSSR count). The molecule has 0 saturated heterocycles. The van der Waals surface area contributed by atoms with E-state index in [1.165, 1.54) is 0 Å². The van der Waals surface area contributed by atoms with Gasteiger partial charge >= 0.3 is 11.9 Å². The SMILES string of the molecule is O=c1cc(NCc2ccccc2)[nH]c(=O)n1CC(F)(F)F. The molecule has 0 aliphatic heterocycles. The van der Waals surface area contributed by atoms with Gasteiger partial charge in [0.2, 0.25) is 0 Å². The van der Waals surface area contributed by atoms with E-state index in [9.17, 15) is 22.8 Å². The van der Waals surface area contributed by atoms with Gasteiger partial charge in [-0.3, -0.25) is 14.3 Å². The second-order valence-corrected chi connectivity index (χ2v) is 4.37. The summed E-state index contributed by atoms with van der Waals surface area (Å²) < 4.78 is 36.8. The van der Waals surface area contributed by atoms with Crippen molar-refractivity contribution in [1.82, 2.24) is 9.55 Å². The van der Waals surface area contributed by atoms with Crippen molar-refractivity contribution >= 4 is 5.82 Å². The number of anilines is 1. The Morgan fingerprint density at radius 3 is 2.38 bits per heavy atom. The van der Waals surface area contributed by atoms with E-state index in [2.05, 4.69) is 10.3 Å². The normalized spacial score (nSPS) is 11.4. The number of benzene rings is 1. The number of aromatic amines is 1. The summed E-state index contributed by atoms with van der Waals surface area (Å²) in [4.78, 5) is 25.3. The van der Waals surface area contributed by atoms with E-state index < -0.39 is 24.0 Å². The zero-order chi connectivity index (χ0) is 15.5.